The summed E-state index contributed by atoms with van der Waals surface area (Å²) < 4.78 is 10.8. The molecule has 2 aromatic rings. The topological polar surface area (TPSA) is 51.4 Å². The van der Waals surface area contributed by atoms with Gasteiger partial charge in [-0.1, -0.05) is 5.16 Å². The fraction of sp³-hybridized carbons (Fsp3) is 0.529. The maximum atomic E-state index is 5.42. The van der Waals surface area contributed by atoms with Crippen molar-refractivity contribution in [1.29, 1.82) is 0 Å². The Kier molecular flexibility index (Phi) is 3.81. The predicted molar refractivity (Wildman–Crippen MR) is 84.0 cm³/mol. The van der Waals surface area contributed by atoms with Gasteiger partial charge in [0.2, 0.25) is 0 Å². The van der Waals surface area contributed by atoms with E-state index in [1.54, 1.807) is 0 Å². The molecule has 5 nitrogen and oxygen atoms in total. The van der Waals surface area contributed by atoms with E-state index in [1.807, 2.05) is 0 Å². The van der Waals surface area contributed by atoms with Crippen molar-refractivity contribution >= 4 is 5.69 Å². The molecule has 116 valence electrons. The highest BCUT2D eigenvalue weighted by Crippen LogP contribution is 2.27. The fourth-order valence-electron chi connectivity index (χ4n) is 3.22. The van der Waals surface area contributed by atoms with Gasteiger partial charge in [0.15, 0.2) is 5.82 Å². The molecule has 4 rings (SSSR count). The number of hydrogen-bond donors (Lipinski definition) is 0. The molecule has 3 heterocycles. The van der Waals surface area contributed by atoms with Gasteiger partial charge in [-0.05, 0) is 49.9 Å². The first-order valence-electron chi connectivity index (χ1n) is 8.17. The lowest BCUT2D eigenvalue weighted by atomic mass is 10.1. The zero-order valence-electron chi connectivity index (χ0n) is 12.7. The smallest absolute Gasteiger partial charge is 0.257 e. The zero-order chi connectivity index (χ0) is 14.8. The molecule has 0 aliphatic carbocycles. The van der Waals surface area contributed by atoms with Crippen molar-refractivity contribution in [2.24, 2.45) is 0 Å². The summed E-state index contributed by atoms with van der Waals surface area (Å²) in [7, 11) is 0. The predicted octanol–water partition coefficient (Wildman–Crippen LogP) is 3.23. The second-order valence-electron chi connectivity index (χ2n) is 6.11. The summed E-state index contributed by atoms with van der Waals surface area (Å²) in [6, 6.07) is 8.46. The van der Waals surface area contributed by atoms with E-state index in [0.29, 0.717) is 12.5 Å². The largest absolute Gasteiger partial charge is 0.381 e. The van der Waals surface area contributed by atoms with Crippen LogP contribution in [0, 0.1) is 0 Å². The third kappa shape index (κ3) is 2.73. The van der Waals surface area contributed by atoms with Crippen molar-refractivity contribution in [2.75, 3.05) is 31.2 Å². The molecule has 1 aromatic carbocycles. The molecule has 22 heavy (non-hydrogen) atoms. The number of ether oxygens (including phenoxy) is 1. The number of anilines is 1. The average Bonchev–Trinajstić information content (AvgIpc) is 3.27. The number of nitrogens with zero attached hydrogens (tertiary/aromatic N) is 3. The normalized spacial score (nSPS) is 22.2. The molecule has 0 N–H and O–H groups in total. The van der Waals surface area contributed by atoms with Crippen LogP contribution in [0.2, 0.25) is 0 Å². The average molecular weight is 299 g/mol. The quantitative estimate of drug-likeness (QED) is 0.871. The Balaban J connectivity index is 1.50. The Morgan fingerprint density at radius 1 is 1.05 bits per heavy atom. The van der Waals surface area contributed by atoms with E-state index in [-0.39, 0.29) is 5.92 Å². The van der Waals surface area contributed by atoms with Gasteiger partial charge in [0, 0.05) is 36.9 Å². The van der Waals surface area contributed by atoms with Crippen LogP contribution in [-0.4, -0.2) is 36.4 Å². The van der Waals surface area contributed by atoms with Crippen LogP contribution in [0.1, 0.15) is 37.4 Å². The Hall–Kier alpha value is -1.88. The fourth-order valence-corrected chi connectivity index (χ4v) is 3.22. The Morgan fingerprint density at radius 2 is 1.86 bits per heavy atom. The third-order valence-electron chi connectivity index (χ3n) is 4.57. The van der Waals surface area contributed by atoms with E-state index in [9.17, 15) is 0 Å². The lowest BCUT2D eigenvalue weighted by molar-refractivity contribution is 0.192. The molecule has 0 radical (unpaired) electrons. The van der Waals surface area contributed by atoms with Gasteiger partial charge in [-0.2, -0.15) is 4.98 Å². The molecule has 5 heteroatoms. The van der Waals surface area contributed by atoms with Crippen LogP contribution in [0.5, 0.6) is 0 Å². The molecule has 1 atom stereocenters. The minimum Gasteiger partial charge on any atom is -0.381 e. The molecule has 1 aromatic heterocycles. The highest BCUT2D eigenvalue weighted by Gasteiger charge is 2.23. The summed E-state index contributed by atoms with van der Waals surface area (Å²) >= 11 is 0. The standard InChI is InChI=1S/C17H21N3O2/c1-2-9-20(10-3-1)15-6-4-13(5-7-15)17-18-16(19-22-17)14-8-11-21-12-14/h4-7,14H,1-3,8-12H2. The molecule has 2 fully saturated rings. The minimum absolute atomic E-state index is 0.283. The summed E-state index contributed by atoms with van der Waals surface area (Å²) in [5.74, 6) is 1.66. The van der Waals surface area contributed by atoms with Gasteiger partial charge >= 0.3 is 0 Å². The number of benzene rings is 1. The first-order valence-corrected chi connectivity index (χ1v) is 8.17. The first kappa shape index (κ1) is 13.8. The Labute approximate surface area is 130 Å². The maximum Gasteiger partial charge on any atom is 0.257 e. The van der Waals surface area contributed by atoms with E-state index in [1.165, 1.54) is 24.9 Å². The zero-order valence-corrected chi connectivity index (χ0v) is 12.7. The van der Waals surface area contributed by atoms with E-state index in [2.05, 4.69) is 39.3 Å². The number of aromatic nitrogens is 2. The maximum absolute atomic E-state index is 5.42. The van der Waals surface area contributed by atoms with Crippen LogP contribution in [-0.2, 0) is 4.74 Å². The molecule has 1 unspecified atom stereocenters. The van der Waals surface area contributed by atoms with Gasteiger partial charge in [0.25, 0.3) is 5.89 Å². The van der Waals surface area contributed by atoms with Crippen LogP contribution in [0.3, 0.4) is 0 Å². The van der Waals surface area contributed by atoms with Crippen molar-refractivity contribution in [1.82, 2.24) is 10.1 Å². The lowest BCUT2D eigenvalue weighted by Crippen LogP contribution is -2.29. The molecular weight excluding hydrogens is 278 g/mol. The summed E-state index contributed by atoms with van der Waals surface area (Å²) in [5.41, 5.74) is 2.27. The number of rotatable bonds is 3. The van der Waals surface area contributed by atoms with Gasteiger partial charge in [-0.25, -0.2) is 0 Å². The van der Waals surface area contributed by atoms with Gasteiger partial charge < -0.3 is 14.2 Å². The lowest BCUT2D eigenvalue weighted by Gasteiger charge is -2.28. The van der Waals surface area contributed by atoms with Gasteiger partial charge in [-0.3, -0.25) is 0 Å². The summed E-state index contributed by atoms with van der Waals surface area (Å²) in [6.07, 6.45) is 4.91. The number of hydrogen-bond acceptors (Lipinski definition) is 5. The molecule has 0 bridgehead atoms. The highest BCUT2D eigenvalue weighted by molar-refractivity contribution is 5.59. The van der Waals surface area contributed by atoms with E-state index < -0.39 is 0 Å². The van der Waals surface area contributed by atoms with Crippen molar-refractivity contribution in [3.05, 3.63) is 30.1 Å². The van der Waals surface area contributed by atoms with E-state index in [0.717, 1.165) is 37.5 Å². The van der Waals surface area contributed by atoms with Crippen molar-refractivity contribution in [3.8, 4) is 11.5 Å². The monoisotopic (exact) mass is 299 g/mol. The summed E-state index contributed by atoms with van der Waals surface area (Å²) in [4.78, 5) is 6.98. The first-order chi connectivity index (χ1) is 10.9. The molecule has 0 spiro atoms. The van der Waals surface area contributed by atoms with Crippen LogP contribution < -0.4 is 4.90 Å². The Bertz CT molecular complexity index is 611. The van der Waals surface area contributed by atoms with Crippen LogP contribution in [0.25, 0.3) is 11.5 Å². The third-order valence-corrected chi connectivity index (χ3v) is 4.57. The van der Waals surface area contributed by atoms with Gasteiger partial charge in [0.1, 0.15) is 0 Å². The molecule has 0 saturated carbocycles. The molecule has 0 amide bonds. The Morgan fingerprint density at radius 3 is 2.59 bits per heavy atom. The second kappa shape index (κ2) is 6.08. The van der Waals surface area contributed by atoms with Crippen LogP contribution >= 0.6 is 0 Å². The molecular formula is C17H21N3O2. The number of piperidine rings is 1. The second-order valence-corrected chi connectivity index (χ2v) is 6.11. The summed E-state index contributed by atoms with van der Waals surface area (Å²) in [5, 5.41) is 4.11. The molecule has 2 aliphatic rings. The minimum atomic E-state index is 0.283. The SMILES string of the molecule is c1cc(N2CCCCC2)ccc1-c1nc(C2CCOC2)no1. The van der Waals surface area contributed by atoms with E-state index in [4.69, 9.17) is 9.26 Å². The van der Waals surface area contributed by atoms with Crippen LogP contribution in [0.15, 0.2) is 28.8 Å². The van der Waals surface area contributed by atoms with Crippen molar-refractivity contribution in [3.63, 3.8) is 0 Å². The summed E-state index contributed by atoms with van der Waals surface area (Å²) in [6.45, 7) is 3.81. The molecule has 2 aliphatic heterocycles. The van der Waals surface area contributed by atoms with Crippen molar-refractivity contribution in [2.45, 2.75) is 31.6 Å². The van der Waals surface area contributed by atoms with Gasteiger partial charge in [0.05, 0.1) is 6.61 Å². The highest BCUT2D eigenvalue weighted by atomic mass is 16.5. The van der Waals surface area contributed by atoms with Gasteiger partial charge in [-0.15, -0.1) is 0 Å². The van der Waals surface area contributed by atoms with Crippen molar-refractivity contribution < 1.29 is 9.26 Å². The van der Waals surface area contributed by atoms with E-state index >= 15 is 0 Å². The van der Waals surface area contributed by atoms with Crippen LogP contribution in [0.4, 0.5) is 5.69 Å². The molecule has 2 saturated heterocycles.